The number of rotatable bonds is 4. The third kappa shape index (κ3) is 4.05. The fraction of sp³-hybridized carbons (Fsp3) is 0.733. The number of ether oxygens (including phenoxy) is 2. The number of ketones is 1. The number of fused-ring (bicyclic) bond motifs is 2. The van der Waals surface area contributed by atoms with Crippen molar-refractivity contribution < 1.29 is 28.7 Å². The normalized spacial score (nSPS) is 27.0. The molecule has 0 aliphatic heterocycles. The van der Waals surface area contributed by atoms with Crippen LogP contribution in [0.15, 0.2) is 0 Å². The van der Waals surface area contributed by atoms with Crippen LogP contribution in [0.25, 0.3) is 0 Å². The molecule has 3 atom stereocenters. The van der Waals surface area contributed by atoms with Crippen molar-refractivity contribution in [1.82, 2.24) is 5.32 Å². The lowest BCUT2D eigenvalue weighted by Gasteiger charge is -2.36. The van der Waals surface area contributed by atoms with Crippen molar-refractivity contribution in [2.24, 2.45) is 17.8 Å². The minimum atomic E-state index is -0.860. The molecule has 7 nitrogen and oxygen atoms in total. The van der Waals surface area contributed by atoms with Crippen molar-refractivity contribution in [1.29, 1.82) is 0 Å². The van der Waals surface area contributed by atoms with Gasteiger partial charge in [0.05, 0.1) is 12.5 Å². The summed E-state index contributed by atoms with van der Waals surface area (Å²) in [5.74, 6) is -1.34. The van der Waals surface area contributed by atoms with Gasteiger partial charge < -0.3 is 9.47 Å². The maximum atomic E-state index is 12.0. The van der Waals surface area contributed by atoms with Gasteiger partial charge in [-0.05, 0) is 32.6 Å². The van der Waals surface area contributed by atoms with Crippen LogP contribution in [0.3, 0.4) is 0 Å². The highest BCUT2D eigenvalue weighted by Crippen LogP contribution is 2.40. The van der Waals surface area contributed by atoms with Gasteiger partial charge in [-0.25, -0.2) is 4.79 Å². The number of imide groups is 1. The highest BCUT2D eigenvalue weighted by molar-refractivity contribution is 5.93. The monoisotopic (exact) mass is 311 g/mol. The maximum Gasteiger partial charge on any atom is 0.413 e. The molecule has 0 aromatic carbocycles. The van der Waals surface area contributed by atoms with E-state index >= 15 is 0 Å². The van der Waals surface area contributed by atoms with E-state index in [9.17, 15) is 19.2 Å². The van der Waals surface area contributed by atoms with Gasteiger partial charge in [0, 0.05) is 11.8 Å². The van der Waals surface area contributed by atoms with Gasteiger partial charge in [-0.2, -0.15) is 0 Å². The van der Waals surface area contributed by atoms with Gasteiger partial charge in [0.15, 0.2) is 6.61 Å². The average Bonchev–Trinajstić information content (AvgIpc) is 2.44. The van der Waals surface area contributed by atoms with E-state index in [-0.39, 0.29) is 30.1 Å². The van der Waals surface area contributed by atoms with E-state index in [4.69, 9.17) is 4.74 Å². The van der Waals surface area contributed by atoms with Gasteiger partial charge in [0.25, 0.3) is 5.91 Å². The molecule has 0 aromatic rings. The topological polar surface area (TPSA) is 98.8 Å². The van der Waals surface area contributed by atoms with Crippen LogP contribution < -0.4 is 5.32 Å². The van der Waals surface area contributed by atoms with Crippen molar-refractivity contribution in [2.45, 2.75) is 39.0 Å². The van der Waals surface area contributed by atoms with Crippen LogP contribution in [0.2, 0.25) is 0 Å². The largest absolute Gasteiger partial charge is 0.455 e. The van der Waals surface area contributed by atoms with Crippen LogP contribution in [-0.2, 0) is 23.9 Å². The Balaban J connectivity index is 1.77. The molecule has 1 N–H and O–H groups in total. The Morgan fingerprint density at radius 3 is 2.36 bits per heavy atom. The van der Waals surface area contributed by atoms with Gasteiger partial charge in [0.2, 0.25) is 0 Å². The van der Waals surface area contributed by atoms with Crippen LogP contribution >= 0.6 is 0 Å². The van der Waals surface area contributed by atoms with Gasteiger partial charge in [-0.15, -0.1) is 0 Å². The van der Waals surface area contributed by atoms with Gasteiger partial charge in [-0.3, -0.25) is 19.7 Å². The Morgan fingerprint density at radius 2 is 1.77 bits per heavy atom. The molecule has 2 amide bonds. The number of Topliss-reactive ketones (excluding diaryl/α,β-unsaturated/α-hetero) is 1. The first-order valence-corrected chi connectivity index (χ1v) is 7.68. The molecule has 22 heavy (non-hydrogen) atoms. The molecule has 2 saturated carbocycles. The zero-order valence-electron chi connectivity index (χ0n) is 12.6. The Hall–Kier alpha value is -1.92. The number of esters is 1. The fourth-order valence-electron chi connectivity index (χ4n) is 3.24. The number of hydrogen-bond acceptors (Lipinski definition) is 6. The van der Waals surface area contributed by atoms with Crippen molar-refractivity contribution in [3.8, 4) is 0 Å². The maximum absolute atomic E-state index is 12.0. The molecule has 1 unspecified atom stereocenters. The highest BCUT2D eigenvalue weighted by Gasteiger charge is 2.41. The lowest BCUT2D eigenvalue weighted by molar-refractivity contribution is -0.156. The second-order valence-corrected chi connectivity index (χ2v) is 5.77. The summed E-state index contributed by atoms with van der Waals surface area (Å²) in [7, 11) is 0. The number of carbonyl (C=O) groups excluding carboxylic acids is 4. The van der Waals surface area contributed by atoms with Crippen LogP contribution in [0.4, 0.5) is 4.79 Å². The average molecular weight is 311 g/mol. The molecule has 0 radical (unpaired) electrons. The first kappa shape index (κ1) is 16.5. The van der Waals surface area contributed by atoms with Crippen LogP contribution in [0.1, 0.15) is 39.0 Å². The Morgan fingerprint density at radius 1 is 1.14 bits per heavy atom. The van der Waals surface area contributed by atoms with E-state index in [0.717, 1.165) is 19.3 Å². The quantitative estimate of drug-likeness (QED) is 0.783. The molecule has 2 bridgehead atoms. The summed E-state index contributed by atoms with van der Waals surface area (Å²) in [6, 6.07) is 0. The summed E-state index contributed by atoms with van der Waals surface area (Å²) in [4.78, 5) is 46.4. The zero-order valence-corrected chi connectivity index (χ0v) is 12.6. The number of nitrogens with one attached hydrogen (secondary N) is 1. The molecule has 122 valence electrons. The van der Waals surface area contributed by atoms with Crippen LogP contribution in [0.5, 0.6) is 0 Å². The molecule has 0 heterocycles. The first-order valence-electron chi connectivity index (χ1n) is 7.68. The van der Waals surface area contributed by atoms with E-state index in [0.29, 0.717) is 12.8 Å². The minimum Gasteiger partial charge on any atom is -0.455 e. The van der Waals surface area contributed by atoms with Gasteiger partial charge in [-0.1, -0.05) is 6.42 Å². The molecule has 2 aliphatic carbocycles. The van der Waals surface area contributed by atoms with Crippen molar-refractivity contribution in [3.63, 3.8) is 0 Å². The molecule has 0 spiro atoms. The smallest absolute Gasteiger partial charge is 0.413 e. The molecule has 0 aromatic heterocycles. The standard InChI is InChI=1S/C15H21NO6/c1-2-21-15(20)16-12(17)8-22-14(19)11-6-9-4-3-5-10(7-11)13(9)18/h9-11H,2-8H2,1H3,(H,16,17,20)/t9-,10+,11?. The first-order chi connectivity index (χ1) is 10.5. The third-order valence-corrected chi connectivity index (χ3v) is 4.24. The predicted octanol–water partition coefficient (Wildman–Crippen LogP) is 1.20. The summed E-state index contributed by atoms with van der Waals surface area (Å²) < 4.78 is 9.50. The SMILES string of the molecule is CCOC(=O)NC(=O)COC(=O)C1C[C@H]2CCC[C@@H](C1)C2=O. The summed E-state index contributed by atoms with van der Waals surface area (Å²) in [5.41, 5.74) is 0. The lowest BCUT2D eigenvalue weighted by atomic mass is 9.67. The minimum absolute atomic E-state index is 0.0431. The van der Waals surface area contributed by atoms with E-state index in [1.54, 1.807) is 6.92 Å². The Labute approximate surface area is 128 Å². The number of alkyl carbamates (subject to hydrolysis) is 1. The van der Waals surface area contributed by atoms with Gasteiger partial charge >= 0.3 is 12.1 Å². The number of hydrogen-bond donors (Lipinski definition) is 1. The summed E-state index contributed by atoms with van der Waals surface area (Å²) >= 11 is 0. The fourth-order valence-corrected chi connectivity index (χ4v) is 3.24. The van der Waals surface area contributed by atoms with Crippen LogP contribution in [-0.4, -0.2) is 37.0 Å². The van der Waals surface area contributed by atoms with Crippen molar-refractivity contribution >= 4 is 23.8 Å². The zero-order chi connectivity index (χ0) is 16.1. The third-order valence-electron chi connectivity index (χ3n) is 4.24. The molecular formula is C15H21NO6. The van der Waals surface area contributed by atoms with Crippen molar-refractivity contribution in [3.05, 3.63) is 0 Å². The molecule has 2 fully saturated rings. The van der Waals surface area contributed by atoms with Crippen molar-refractivity contribution in [2.75, 3.05) is 13.2 Å². The summed E-state index contributed by atoms with van der Waals surface area (Å²) in [6.07, 6.45) is 2.86. The Kier molecular flexibility index (Phi) is 5.51. The second-order valence-electron chi connectivity index (χ2n) is 5.77. The second kappa shape index (κ2) is 7.38. The summed E-state index contributed by atoms with van der Waals surface area (Å²) in [5, 5.41) is 1.95. The molecule has 2 rings (SSSR count). The molecular weight excluding hydrogens is 290 g/mol. The molecule has 7 heteroatoms. The lowest BCUT2D eigenvalue weighted by Crippen LogP contribution is -2.40. The van der Waals surface area contributed by atoms with Gasteiger partial charge in [0.1, 0.15) is 5.78 Å². The van der Waals surface area contributed by atoms with E-state index < -0.39 is 24.6 Å². The van der Waals surface area contributed by atoms with Crippen LogP contribution in [0, 0.1) is 17.8 Å². The van der Waals surface area contributed by atoms with E-state index in [1.165, 1.54) is 0 Å². The Bertz CT molecular complexity index is 459. The molecule has 2 aliphatic rings. The van der Waals surface area contributed by atoms with E-state index in [1.807, 2.05) is 5.32 Å². The summed E-state index contributed by atoms with van der Waals surface area (Å²) in [6.45, 7) is 1.25. The highest BCUT2D eigenvalue weighted by atomic mass is 16.6. The predicted molar refractivity (Wildman–Crippen MR) is 74.7 cm³/mol. The molecule has 0 saturated heterocycles. The number of carbonyl (C=O) groups is 4. The van der Waals surface area contributed by atoms with E-state index in [2.05, 4.69) is 4.74 Å². The number of amides is 2.